The van der Waals surface area contributed by atoms with Gasteiger partial charge in [-0.15, -0.1) is 0 Å². The summed E-state index contributed by atoms with van der Waals surface area (Å²) in [6.45, 7) is 6.28. The van der Waals surface area contributed by atoms with Gasteiger partial charge in [0.2, 0.25) is 0 Å². The molecule has 1 aliphatic heterocycles. The molecule has 0 saturated carbocycles. The van der Waals surface area contributed by atoms with Crippen LogP contribution < -0.4 is 4.90 Å². The van der Waals surface area contributed by atoms with Crippen molar-refractivity contribution in [1.82, 2.24) is 0 Å². The van der Waals surface area contributed by atoms with Crippen molar-refractivity contribution in [3.05, 3.63) is 51.9 Å². The van der Waals surface area contributed by atoms with Gasteiger partial charge in [0.25, 0.3) is 5.91 Å². The highest BCUT2D eigenvalue weighted by Gasteiger charge is 2.41. The molecule has 1 amide bonds. The van der Waals surface area contributed by atoms with Crippen molar-refractivity contribution in [2.75, 3.05) is 11.4 Å². The topological polar surface area (TPSA) is 70.7 Å². The Balaban J connectivity index is 2.07. The third kappa shape index (κ3) is 2.59. The second-order valence-corrected chi connectivity index (χ2v) is 7.10. The fourth-order valence-electron chi connectivity index (χ4n) is 3.34. The zero-order chi connectivity index (χ0) is 17.6. The Morgan fingerprint density at radius 2 is 2.08 bits per heavy atom. The summed E-state index contributed by atoms with van der Waals surface area (Å²) in [5.74, 6) is -1.12. The molecule has 5 nitrogen and oxygen atoms in total. The zero-order valence-corrected chi connectivity index (χ0v) is 14.5. The van der Waals surface area contributed by atoms with E-state index in [0.29, 0.717) is 22.7 Å². The number of aliphatic carboxylic acids is 1. The summed E-state index contributed by atoms with van der Waals surface area (Å²) in [5, 5.41) is 9.65. The Morgan fingerprint density at radius 3 is 2.75 bits per heavy atom. The van der Waals surface area contributed by atoms with Crippen LogP contribution in [-0.4, -0.2) is 23.5 Å². The highest BCUT2D eigenvalue weighted by Crippen LogP contribution is 2.45. The van der Waals surface area contributed by atoms with E-state index in [1.165, 1.54) is 6.26 Å². The first kappa shape index (κ1) is 16.6. The number of amides is 1. The average molecular weight is 348 g/mol. The van der Waals surface area contributed by atoms with Gasteiger partial charge in [-0.1, -0.05) is 31.5 Å². The van der Waals surface area contributed by atoms with Gasteiger partial charge >= 0.3 is 5.97 Å². The third-order valence-corrected chi connectivity index (χ3v) is 4.65. The molecule has 0 spiro atoms. The first-order valence-corrected chi connectivity index (χ1v) is 8.00. The molecule has 1 aromatic carbocycles. The van der Waals surface area contributed by atoms with Gasteiger partial charge in [-0.05, 0) is 19.1 Å². The summed E-state index contributed by atoms with van der Waals surface area (Å²) in [5.41, 5.74) is 2.36. The number of carboxylic acids is 1. The molecule has 1 aromatic heterocycles. The highest BCUT2D eigenvalue weighted by atomic mass is 35.5. The third-order valence-electron chi connectivity index (χ3n) is 4.33. The van der Waals surface area contributed by atoms with Gasteiger partial charge in [0, 0.05) is 33.8 Å². The van der Waals surface area contributed by atoms with Crippen molar-refractivity contribution in [2.45, 2.75) is 32.6 Å². The fraction of sp³-hybridized carbons (Fsp3) is 0.333. The molecule has 0 fully saturated rings. The SMILES string of the molecule is Cc1coc(CC(=O)O)c1C(=O)N1CC(C)(C)c2c(Cl)cccc21. The Kier molecular flexibility index (Phi) is 3.92. The quantitative estimate of drug-likeness (QED) is 0.916. The van der Waals surface area contributed by atoms with Gasteiger partial charge in [-0.25, -0.2) is 0 Å². The van der Waals surface area contributed by atoms with Crippen LogP contribution in [0.15, 0.2) is 28.9 Å². The zero-order valence-electron chi connectivity index (χ0n) is 13.7. The smallest absolute Gasteiger partial charge is 0.311 e. The number of hydrogen-bond donors (Lipinski definition) is 1. The minimum Gasteiger partial charge on any atom is -0.481 e. The second kappa shape index (κ2) is 5.67. The van der Waals surface area contributed by atoms with E-state index < -0.39 is 5.97 Å². The van der Waals surface area contributed by atoms with E-state index in [9.17, 15) is 9.59 Å². The maximum atomic E-state index is 13.1. The molecular formula is C18H18ClNO4. The number of aryl methyl sites for hydroxylation is 1. The van der Waals surface area contributed by atoms with E-state index in [0.717, 1.165) is 11.3 Å². The van der Waals surface area contributed by atoms with Crippen LogP contribution in [-0.2, 0) is 16.6 Å². The lowest BCUT2D eigenvalue weighted by Gasteiger charge is -2.21. The summed E-state index contributed by atoms with van der Waals surface area (Å²) in [4.78, 5) is 25.8. The molecule has 0 atom stereocenters. The summed E-state index contributed by atoms with van der Waals surface area (Å²) >= 11 is 6.35. The van der Waals surface area contributed by atoms with Gasteiger partial charge in [-0.2, -0.15) is 0 Å². The van der Waals surface area contributed by atoms with E-state index >= 15 is 0 Å². The van der Waals surface area contributed by atoms with Crippen molar-refractivity contribution >= 4 is 29.2 Å². The van der Waals surface area contributed by atoms with Crippen molar-refractivity contribution in [3.63, 3.8) is 0 Å². The molecule has 3 rings (SSSR count). The number of anilines is 1. The molecule has 24 heavy (non-hydrogen) atoms. The van der Waals surface area contributed by atoms with Gasteiger partial charge in [0.1, 0.15) is 12.2 Å². The summed E-state index contributed by atoms with van der Waals surface area (Å²) in [6, 6.07) is 5.48. The number of rotatable bonds is 3. The summed E-state index contributed by atoms with van der Waals surface area (Å²) < 4.78 is 5.30. The van der Waals surface area contributed by atoms with E-state index in [-0.39, 0.29) is 23.5 Å². The van der Waals surface area contributed by atoms with Crippen LogP contribution in [0, 0.1) is 6.92 Å². The maximum absolute atomic E-state index is 13.1. The number of fused-ring (bicyclic) bond motifs is 1. The Labute approximate surface area is 144 Å². The van der Waals surface area contributed by atoms with Crippen LogP contribution in [0.5, 0.6) is 0 Å². The lowest BCUT2D eigenvalue weighted by atomic mass is 9.87. The summed E-state index contributed by atoms with van der Waals surface area (Å²) in [6.07, 6.45) is 1.10. The van der Waals surface area contributed by atoms with Gasteiger partial charge in [-0.3, -0.25) is 9.59 Å². The molecule has 0 saturated heterocycles. The van der Waals surface area contributed by atoms with E-state index in [1.54, 1.807) is 11.8 Å². The lowest BCUT2D eigenvalue weighted by Crippen LogP contribution is -2.34. The predicted octanol–water partition coefficient (Wildman–Crippen LogP) is 3.81. The van der Waals surface area contributed by atoms with Gasteiger partial charge < -0.3 is 14.4 Å². The molecule has 1 N–H and O–H groups in total. The van der Waals surface area contributed by atoms with E-state index in [4.69, 9.17) is 21.1 Å². The monoisotopic (exact) mass is 347 g/mol. The van der Waals surface area contributed by atoms with Crippen LogP contribution in [0.25, 0.3) is 0 Å². The molecule has 1 aliphatic rings. The highest BCUT2D eigenvalue weighted by molar-refractivity contribution is 6.32. The standard InChI is InChI=1S/C18H18ClNO4/c1-10-8-24-13(7-14(21)22)15(10)17(23)20-9-18(2,3)16-11(19)5-4-6-12(16)20/h4-6,8H,7,9H2,1-3H3,(H,21,22). The minimum atomic E-state index is -1.04. The number of furan rings is 1. The fourth-order valence-corrected chi connectivity index (χ4v) is 3.76. The number of halogens is 1. The molecule has 0 unspecified atom stereocenters. The molecule has 2 heterocycles. The number of benzene rings is 1. The summed E-state index contributed by atoms with van der Waals surface area (Å²) in [7, 11) is 0. The maximum Gasteiger partial charge on any atom is 0.311 e. The minimum absolute atomic E-state index is 0.179. The number of carbonyl (C=O) groups is 2. The Morgan fingerprint density at radius 1 is 1.38 bits per heavy atom. The Hall–Kier alpha value is -2.27. The van der Waals surface area contributed by atoms with Crippen molar-refractivity contribution in [2.24, 2.45) is 0 Å². The lowest BCUT2D eigenvalue weighted by molar-refractivity contribution is -0.136. The van der Waals surface area contributed by atoms with E-state index in [1.807, 2.05) is 32.0 Å². The second-order valence-electron chi connectivity index (χ2n) is 6.70. The first-order valence-electron chi connectivity index (χ1n) is 7.62. The normalized spacial score (nSPS) is 15.4. The van der Waals surface area contributed by atoms with Crippen molar-refractivity contribution in [1.29, 1.82) is 0 Å². The van der Waals surface area contributed by atoms with Crippen LogP contribution >= 0.6 is 11.6 Å². The van der Waals surface area contributed by atoms with Crippen LogP contribution in [0.3, 0.4) is 0 Å². The van der Waals surface area contributed by atoms with Crippen LogP contribution in [0.1, 0.15) is 41.1 Å². The largest absolute Gasteiger partial charge is 0.481 e. The number of carbonyl (C=O) groups excluding carboxylic acids is 1. The molecule has 0 radical (unpaired) electrons. The molecular weight excluding hydrogens is 330 g/mol. The molecule has 0 aliphatic carbocycles. The Bertz CT molecular complexity index is 838. The van der Waals surface area contributed by atoms with Crippen molar-refractivity contribution in [3.8, 4) is 0 Å². The van der Waals surface area contributed by atoms with E-state index in [2.05, 4.69) is 0 Å². The molecule has 6 heteroatoms. The van der Waals surface area contributed by atoms with Crippen molar-refractivity contribution < 1.29 is 19.1 Å². The van der Waals surface area contributed by atoms with Crippen LogP contribution in [0.2, 0.25) is 5.02 Å². The first-order chi connectivity index (χ1) is 11.2. The molecule has 126 valence electrons. The average Bonchev–Trinajstić information content (AvgIpc) is 2.96. The van der Waals surface area contributed by atoms with Gasteiger partial charge in [0.05, 0.1) is 11.8 Å². The number of nitrogens with zero attached hydrogens (tertiary/aromatic N) is 1. The predicted molar refractivity (Wildman–Crippen MR) is 90.9 cm³/mol. The van der Waals surface area contributed by atoms with Crippen LogP contribution in [0.4, 0.5) is 5.69 Å². The number of hydrogen-bond acceptors (Lipinski definition) is 3. The van der Waals surface area contributed by atoms with Gasteiger partial charge in [0.15, 0.2) is 0 Å². The molecule has 0 bridgehead atoms. The number of carboxylic acid groups (broad SMARTS) is 1. The molecule has 2 aromatic rings.